The summed E-state index contributed by atoms with van der Waals surface area (Å²) in [7, 11) is 0. The maximum Gasteiger partial charge on any atom is 0.284 e. The van der Waals surface area contributed by atoms with E-state index in [-0.39, 0.29) is 17.3 Å². The summed E-state index contributed by atoms with van der Waals surface area (Å²) < 4.78 is 30.4. The molecule has 7 nitrogen and oxygen atoms in total. The average Bonchev–Trinajstić information content (AvgIpc) is 3.37. The Labute approximate surface area is 179 Å². The van der Waals surface area contributed by atoms with E-state index in [2.05, 4.69) is 34.3 Å². The lowest BCUT2D eigenvalue weighted by atomic mass is 9.80. The summed E-state index contributed by atoms with van der Waals surface area (Å²) >= 11 is 0. The molecule has 4 rings (SSSR count). The van der Waals surface area contributed by atoms with Crippen LogP contribution in [0.5, 0.6) is 0 Å². The molecular weight excluding hydrogens is 402 g/mol. The average molecular weight is 431 g/mol. The SMILES string of the molecule is CCc1cnc2c(C(=O)Nc3cn([C@H]4CC[C@H](C(C)C)CC4)nc3C(F)F)cnn2c1. The summed E-state index contributed by atoms with van der Waals surface area (Å²) in [5.41, 5.74) is 1.23. The number of hydrogen-bond donors (Lipinski definition) is 1. The molecule has 1 aliphatic rings. The lowest BCUT2D eigenvalue weighted by molar-refractivity contribution is 0.102. The third-order valence-corrected chi connectivity index (χ3v) is 6.34. The maximum absolute atomic E-state index is 13.6. The molecule has 0 atom stereocenters. The molecule has 166 valence electrons. The fourth-order valence-electron chi connectivity index (χ4n) is 4.33. The summed E-state index contributed by atoms with van der Waals surface area (Å²) in [5, 5.41) is 10.9. The molecule has 9 heteroatoms. The van der Waals surface area contributed by atoms with Crippen LogP contribution >= 0.6 is 0 Å². The van der Waals surface area contributed by atoms with Crippen molar-refractivity contribution in [2.45, 2.75) is 65.3 Å². The summed E-state index contributed by atoms with van der Waals surface area (Å²) in [6.45, 7) is 6.44. The molecular formula is C22H28F2N6O. The lowest BCUT2D eigenvalue weighted by Gasteiger charge is -2.30. The Bertz CT molecular complexity index is 1070. The Balaban J connectivity index is 1.55. The summed E-state index contributed by atoms with van der Waals surface area (Å²) in [6.07, 6.45) is 8.35. The van der Waals surface area contributed by atoms with Crippen LogP contribution in [0.15, 0.2) is 24.8 Å². The minimum Gasteiger partial charge on any atom is -0.319 e. The van der Waals surface area contributed by atoms with Crippen molar-refractivity contribution < 1.29 is 13.6 Å². The number of anilines is 1. The molecule has 0 aliphatic heterocycles. The second-order valence-electron chi connectivity index (χ2n) is 8.62. The Morgan fingerprint density at radius 2 is 1.94 bits per heavy atom. The van der Waals surface area contributed by atoms with E-state index in [0.29, 0.717) is 17.5 Å². The largest absolute Gasteiger partial charge is 0.319 e. The quantitative estimate of drug-likeness (QED) is 0.593. The van der Waals surface area contributed by atoms with Gasteiger partial charge in [0.05, 0.1) is 17.9 Å². The molecule has 0 saturated heterocycles. The van der Waals surface area contributed by atoms with Crippen LogP contribution in [0.1, 0.15) is 80.5 Å². The molecule has 0 aromatic carbocycles. The number of aryl methyl sites for hydroxylation is 1. The Morgan fingerprint density at radius 1 is 1.19 bits per heavy atom. The molecule has 3 heterocycles. The molecule has 0 spiro atoms. The van der Waals surface area contributed by atoms with E-state index in [1.807, 2.05) is 6.92 Å². The van der Waals surface area contributed by atoms with Crippen molar-refractivity contribution in [3.8, 4) is 0 Å². The van der Waals surface area contributed by atoms with E-state index in [1.54, 1.807) is 17.1 Å². The predicted molar refractivity (Wildman–Crippen MR) is 113 cm³/mol. The van der Waals surface area contributed by atoms with E-state index in [9.17, 15) is 13.6 Å². The minimum absolute atomic E-state index is 0.0375. The topological polar surface area (TPSA) is 77.1 Å². The van der Waals surface area contributed by atoms with Crippen LogP contribution in [0, 0.1) is 11.8 Å². The van der Waals surface area contributed by atoms with E-state index < -0.39 is 18.0 Å². The first-order valence-corrected chi connectivity index (χ1v) is 10.9. The zero-order valence-electron chi connectivity index (χ0n) is 18.1. The fraction of sp³-hybridized carbons (Fsp3) is 0.545. The van der Waals surface area contributed by atoms with Gasteiger partial charge in [-0.15, -0.1) is 0 Å². The van der Waals surface area contributed by atoms with E-state index in [4.69, 9.17) is 0 Å². The molecule has 0 bridgehead atoms. The van der Waals surface area contributed by atoms with Gasteiger partial charge in [-0.05, 0) is 49.5 Å². The van der Waals surface area contributed by atoms with Gasteiger partial charge in [0.1, 0.15) is 5.56 Å². The van der Waals surface area contributed by atoms with Crippen LogP contribution in [-0.2, 0) is 6.42 Å². The first-order valence-electron chi connectivity index (χ1n) is 10.9. The predicted octanol–water partition coefficient (Wildman–Crippen LogP) is 5.07. The number of hydrogen-bond acceptors (Lipinski definition) is 4. The molecule has 1 aliphatic carbocycles. The minimum atomic E-state index is -2.78. The van der Waals surface area contributed by atoms with E-state index >= 15 is 0 Å². The highest BCUT2D eigenvalue weighted by Gasteiger charge is 2.28. The van der Waals surface area contributed by atoms with Crippen molar-refractivity contribution in [3.05, 3.63) is 41.6 Å². The summed E-state index contributed by atoms with van der Waals surface area (Å²) in [4.78, 5) is 17.1. The molecule has 31 heavy (non-hydrogen) atoms. The second-order valence-corrected chi connectivity index (χ2v) is 8.62. The van der Waals surface area contributed by atoms with Gasteiger partial charge < -0.3 is 5.32 Å². The Kier molecular flexibility index (Phi) is 6.02. The van der Waals surface area contributed by atoms with E-state index in [0.717, 1.165) is 37.7 Å². The smallest absolute Gasteiger partial charge is 0.284 e. The number of alkyl halides is 2. The van der Waals surface area contributed by atoms with Crippen molar-refractivity contribution in [2.24, 2.45) is 11.8 Å². The molecule has 1 fully saturated rings. The number of carbonyl (C=O) groups is 1. The van der Waals surface area contributed by atoms with Gasteiger partial charge in [0.25, 0.3) is 12.3 Å². The van der Waals surface area contributed by atoms with Crippen molar-refractivity contribution >= 4 is 17.2 Å². The first kappa shape index (κ1) is 21.4. The van der Waals surface area contributed by atoms with Crippen LogP contribution in [0.3, 0.4) is 0 Å². The third kappa shape index (κ3) is 4.31. The summed E-state index contributed by atoms with van der Waals surface area (Å²) in [5.74, 6) is 0.756. The van der Waals surface area contributed by atoms with Crippen molar-refractivity contribution in [2.75, 3.05) is 5.32 Å². The molecule has 3 aromatic rings. The Hall–Kier alpha value is -2.84. The van der Waals surface area contributed by atoms with Gasteiger partial charge in [0, 0.05) is 18.6 Å². The Morgan fingerprint density at radius 3 is 2.58 bits per heavy atom. The van der Waals surface area contributed by atoms with Crippen LogP contribution in [-0.4, -0.2) is 30.3 Å². The van der Waals surface area contributed by atoms with Crippen LogP contribution in [0.4, 0.5) is 14.5 Å². The second kappa shape index (κ2) is 8.72. The summed E-state index contributed by atoms with van der Waals surface area (Å²) in [6, 6.07) is 0.0734. The third-order valence-electron chi connectivity index (χ3n) is 6.34. The zero-order chi connectivity index (χ0) is 22.1. The fourth-order valence-corrected chi connectivity index (χ4v) is 4.33. The van der Waals surface area contributed by atoms with Gasteiger partial charge >= 0.3 is 0 Å². The molecule has 1 amide bonds. The van der Waals surface area contributed by atoms with Crippen molar-refractivity contribution in [1.82, 2.24) is 24.4 Å². The van der Waals surface area contributed by atoms with Gasteiger partial charge in [-0.25, -0.2) is 18.3 Å². The number of aromatic nitrogens is 5. The molecule has 1 saturated carbocycles. The van der Waals surface area contributed by atoms with Crippen LogP contribution < -0.4 is 5.32 Å². The number of nitrogens with one attached hydrogen (secondary N) is 1. The monoisotopic (exact) mass is 430 g/mol. The number of carbonyl (C=O) groups excluding carboxylic acids is 1. The lowest BCUT2D eigenvalue weighted by Crippen LogP contribution is -2.21. The van der Waals surface area contributed by atoms with Gasteiger partial charge in [-0.1, -0.05) is 20.8 Å². The number of amides is 1. The maximum atomic E-state index is 13.6. The highest BCUT2D eigenvalue weighted by atomic mass is 19.3. The number of fused-ring (bicyclic) bond motifs is 1. The van der Waals surface area contributed by atoms with Crippen molar-refractivity contribution in [1.29, 1.82) is 0 Å². The molecule has 0 radical (unpaired) electrons. The van der Waals surface area contributed by atoms with E-state index in [1.165, 1.54) is 16.9 Å². The number of halogens is 2. The highest BCUT2D eigenvalue weighted by molar-refractivity contribution is 6.08. The normalized spacial score (nSPS) is 19.5. The van der Waals surface area contributed by atoms with Crippen LogP contribution in [0.2, 0.25) is 0 Å². The highest BCUT2D eigenvalue weighted by Crippen LogP contribution is 2.37. The zero-order valence-corrected chi connectivity index (χ0v) is 18.1. The van der Waals surface area contributed by atoms with Gasteiger partial charge in [0.2, 0.25) is 0 Å². The number of rotatable bonds is 6. The van der Waals surface area contributed by atoms with Gasteiger partial charge in [-0.3, -0.25) is 9.48 Å². The van der Waals surface area contributed by atoms with Crippen LogP contribution in [0.25, 0.3) is 5.65 Å². The molecule has 3 aromatic heterocycles. The standard InChI is InChI=1S/C22H28F2N6O/c1-4-14-9-25-21-17(10-26-30(21)11-14)22(31)27-18-12-29(28-19(18)20(23)24)16-7-5-15(6-8-16)13(2)3/h9-13,15-16,20H,4-8H2,1-3H3,(H,27,31)/t15-,16-. The molecule has 1 N–H and O–H groups in total. The number of nitrogens with zero attached hydrogens (tertiary/aromatic N) is 5. The first-order chi connectivity index (χ1) is 14.9. The van der Waals surface area contributed by atoms with Gasteiger partial charge in [0.15, 0.2) is 11.3 Å². The molecule has 0 unspecified atom stereocenters. The van der Waals surface area contributed by atoms with Crippen molar-refractivity contribution in [3.63, 3.8) is 0 Å². The van der Waals surface area contributed by atoms with Gasteiger partial charge in [-0.2, -0.15) is 10.2 Å².